The Kier molecular flexibility index (Phi) is 3.89. The number of carbonyl (C=O) groups excluding carboxylic acids is 1. The molecule has 0 aliphatic heterocycles. The van der Waals surface area contributed by atoms with E-state index in [0.717, 1.165) is 5.56 Å². The van der Waals surface area contributed by atoms with Crippen LogP contribution in [0.15, 0.2) is 42.5 Å². The number of phenols is 2. The van der Waals surface area contributed by atoms with Crippen molar-refractivity contribution >= 4 is 11.6 Å². The number of benzene rings is 2. The molecule has 0 aliphatic rings. The molecule has 0 atom stereocenters. The lowest BCUT2D eigenvalue weighted by atomic mass is 9.87. The minimum Gasteiger partial charge on any atom is -0.508 e. The van der Waals surface area contributed by atoms with Gasteiger partial charge in [0.05, 0.1) is 5.69 Å². The van der Waals surface area contributed by atoms with E-state index in [0.29, 0.717) is 5.56 Å². The summed E-state index contributed by atoms with van der Waals surface area (Å²) in [5, 5.41) is 21.5. The second-order valence-electron chi connectivity index (χ2n) is 5.98. The van der Waals surface area contributed by atoms with Crippen LogP contribution in [0, 0.1) is 0 Å². The number of rotatable bonds is 2. The van der Waals surface area contributed by atoms with Crippen molar-refractivity contribution in [3.8, 4) is 11.5 Å². The largest absolute Gasteiger partial charge is 0.508 e. The van der Waals surface area contributed by atoms with Crippen LogP contribution in [0.25, 0.3) is 0 Å². The van der Waals surface area contributed by atoms with E-state index in [9.17, 15) is 15.0 Å². The van der Waals surface area contributed by atoms with Crippen LogP contribution in [0.5, 0.6) is 11.5 Å². The van der Waals surface area contributed by atoms with E-state index in [1.54, 1.807) is 12.1 Å². The molecule has 3 N–H and O–H groups in total. The zero-order chi connectivity index (χ0) is 15.6. The van der Waals surface area contributed by atoms with Gasteiger partial charge in [-0.3, -0.25) is 4.79 Å². The first-order chi connectivity index (χ1) is 9.77. The van der Waals surface area contributed by atoms with Gasteiger partial charge in [-0.25, -0.2) is 0 Å². The molecule has 4 nitrogen and oxygen atoms in total. The third-order valence-electron chi connectivity index (χ3n) is 3.24. The molecular weight excluding hydrogens is 266 g/mol. The third-order valence-corrected chi connectivity index (χ3v) is 3.24. The van der Waals surface area contributed by atoms with E-state index in [1.165, 1.54) is 18.2 Å². The monoisotopic (exact) mass is 285 g/mol. The van der Waals surface area contributed by atoms with Gasteiger partial charge in [0.2, 0.25) is 0 Å². The highest BCUT2D eigenvalue weighted by molar-refractivity contribution is 6.05. The van der Waals surface area contributed by atoms with Crippen molar-refractivity contribution in [1.82, 2.24) is 0 Å². The van der Waals surface area contributed by atoms with Crippen LogP contribution < -0.4 is 5.32 Å². The fourth-order valence-corrected chi connectivity index (χ4v) is 1.94. The molecule has 0 spiro atoms. The molecule has 0 aliphatic carbocycles. The first-order valence-electron chi connectivity index (χ1n) is 6.71. The molecule has 0 radical (unpaired) electrons. The summed E-state index contributed by atoms with van der Waals surface area (Å²) in [6.45, 7) is 6.32. The Balaban J connectivity index is 2.17. The van der Waals surface area contributed by atoms with Crippen LogP contribution in [-0.4, -0.2) is 16.1 Å². The quantitative estimate of drug-likeness (QED) is 0.582. The maximum atomic E-state index is 12.1. The molecule has 2 aromatic rings. The molecule has 0 unspecified atom stereocenters. The van der Waals surface area contributed by atoms with E-state index >= 15 is 0 Å². The second-order valence-corrected chi connectivity index (χ2v) is 5.98. The molecule has 0 fully saturated rings. The predicted octanol–water partition coefficient (Wildman–Crippen LogP) is 3.65. The highest BCUT2D eigenvalue weighted by Crippen LogP contribution is 2.28. The Morgan fingerprint density at radius 2 is 1.62 bits per heavy atom. The van der Waals surface area contributed by atoms with E-state index in [1.807, 2.05) is 12.1 Å². The molecule has 4 heteroatoms. The predicted molar refractivity (Wildman–Crippen MR) is 82.9 cm³/mol. The van der Waals surface area contributed by atoms with Gasteiger partial charge in [-0.05, 0) is 35.2 Å². The summed E-state index contributed by atoms with van der Waals surface area (Å²) in [5.74, 6) is -0.536. The molecule has 2 rings (SSSR count). The van der Waals surface area contributed by atoms with Crippen molar-refractivity contribution in [1.29, 1.82) is 0 Å². The maximum absolute atomic E-state index is 12.1. The average Bonchev–Trinajstić information content (AvgIpc) is 2.41. The van der Waals surface area contributed by atoms with Gasteiger partial charge in [-0.1, -0.05) is 32.9 Å². The lowest BCUT2D eigenvalue weighted by Crippen LogP contribution is -2.14. The molecule has 1 amide bonds. The van der Waals surface area contributed by atoms with E-state index in [2.05, 4.69) is 26.1 Å². The summed E-state index contributed by atoms with van der Waals surface area (Å²) in [7, 11) is 0. The molecule has 2 aromatic carbocycles. The lowest BCUT2D eigenvalue weighted by Gasteiger charge is -2.19. The topological polar surface area (TPSA) is 69.6 Å². The van der Waals surface area contributed by atoms with Crippen molar-refractivity contribution in [2.75, 3.05) is 5.32 Å². The lowest BCUT2D eigenvalue weighted by molar-refractivity contribution is 0.102. The highest BCUT2D eigenvalue weighted by atomic mass is 16.3. The van der Waals surface area contributed by atoms with E-state index in [-0.39, 0.29) is 28.5 Å². The SMILES string of the molecule is CC(C)(C)c1ccc(C(=O)Nc2ccc(O)cc2O)cc1. The van der Waals surface area contributed by atoms with Gasteiger partial charge in [0.15, 0.2) is 0 Å². The standard InChI is InChI=1S/C17H19NO3/c1-17(2,3)12-6-4-11(5-7-12)16(21)18-14-9-8-13(19)10-15(14)20/h4-10,19-20H,1-3H3,(H,18,21). The van der Waals surface area contributed by atoms with Gasteiger partial charge < -0.3 is 15.5 Å². The van der Waals surface area contributed by atoms with Gasteiger partial charge in [0, 0.05) is 11.6 Å². The van der Waals surface area contributed by atoms with Gasteiger partial charge in [-0.15, -0.1) is 0 Å². The molecule has 0 heterocycles. The van der Waals surface area contributed by atoms with E-state index in [4.69, 9.17) is 0 Å². The first kappa shape index (κ1) is 14.9. The average molecular weight is 285 g/mol. The van der Waals surface area contributed by atoms with Crippen LogP contribution >= 0.6 is 0 Å². The molecular formula is C17H19NO3. The zero-order valence-electron chi connectivity index (χ0n) is 12.3. The van der Waals surface area contributed by atoms with Crippen molar-refractivity contribution in [3.63, 3.8) is 0 Å². The van der Waals surface area contributed by atoms with E-state index < -0.39 is 0 Å². The van der Waals surface area contributed by atoms with Gasteiger partial charge in [0.1, 0.15) is 11.5 Å². The number of aromatic hydroxyl groups is 2. The second kappa shape index (κ2) is 5.48. The summed E-state index contributed by atoms with van der Waals surface area (Å²) in [5.41, 5.74) is 1.95. The van der Waals surface area contributed by atoms with Gasteiger partial charge >= 0.3 is 0 Å². The van der Waals surface area contributed by atoms with Crippen molar-refractivity contribution in [3.05, 3.63) is 53.6 Å². The maximum Gasteiger partial charge on any atom is 0.255 e. The number of carbonyl (C=O) groups is 1. The Bertz CT molecular complexity index is 655. The van der Waals surface area contributed by atoms with Crippen molar-refractivity contribution in [2.24, 2.45) is 0 Å². The number of hydrogen-bond acceptors (Lipinski definition) is 3. The van der Waals surface area contributed by atoms with Gasteiger partial charge in [0.25, 0.3) is 5.91 Å². The molecule has 0 saturated heterocycles. The van der Waals surface area contributed by atoms with Crippen molar-refractivity contribution < 1.29 is 15.0 Å². The fraction of sp³-hybridized carbons (Fsp3) is 0.235. The third kappa shape index (κ3) is 3.54. The Morgan fingerprint density at radius 1 is 1.00 bits per heavy atom. The summed E-state index contributed by atoms with van der Waals surface area (Å²) < 4.78 is 0. The minimum atomic E-state index is -0.309. The number of nitrogens with one attached hydrogen (secondary N) is 1. The summed E-state index contributed by atoms with van der Waals surface area (Å²) in [4.78, 5) is 12.1. The van der Waals surface area contributed by atoms with Crippen LogP contribution in [0.3, 0.4) is 0 Å². The van der Waals surface area contributed by atoms with Crippen LogP contribution in [0.4, 0.5) is 5.69 Å². The number of hydrogen-bond donors (Lipinski definition) is 3. The molecule has 0 bridgehead atoms. The molecule has 0 saturated carbocycles. The fourth-order valence-electron chi connectivity index (χ4n) is 1.94. The number of amides is 1. The molecule has 110 valence electrons. The number of anilines is 1. The van der Waals surface area contributed by atoms with Crippen LogP contribution in [-0.2, 0) is 5.41 Å². The van der Waals surface area contributed by atoms with Crippen molar-refractivity contribution in [2.45, 2.75) is 26.2 Å². The summed E-state index contributed by atoms with van der Waals surface area (Å²) >= 11 is 0. The smallest absolute Gasteiger partial charge is 0.255 e. The molecule has 0 aromatic heterocycles. The van der Waals surface area contributed by atoms with Gasteiger partial charge in [-0.2, -0.15) is 0 Å². The Morgan fingerprint density at radius 3 is 2.14 bits per heavy atom. The van der Waals surface area contributed by atoms with Crippen LogP contribution in [0.2, 0.25) is 0 Å². The Hall–Kier alpha value is -2.49. The molecule has 21 heavy (non-hydrogen) atoms. The minimum absolute atomic E-state index is 0.0320. The normalized spacial score (nSPS) is 11.2. The summed E-state index contributed by atoms with van der Waals surface area (Å²) in [6, 6.07) is 11.4. The summed E-state index contributed by atoms with van der Waals surface area (Å²) in [6.07, 6.45) is 0. The highest BCUT2D eigenvalue weighted by Gasteiger charge is 2.15. The number of phenolic OH excluding ortho intramolecular Hbond substituents is 2. The van der Waals surface area contributed by atoms with Crippen LogP contribution in [0.1, 0.15) is 36.7 Å². The first-order valence-corrected chi connectivity index (χ1v) is 6.71. The Labute approximate surface area is 124 Å². The zero-order valence-corrected chi connectivity index (χ0v) is 12.3.